The number of carbonyl (C=O) groups excluding carboxylic acids is 1. The molecule has 0 amide bonds. The molecule has 106 valence electrons. The average Bonchev–Trinajstić information content (AvgIpc) is 2.42. The fourth-order valence-corrected chi connectivity index (χ4v) is 2.35. The van der Waals surface area contributed by atoms with Crippen molar-refractivity contribution >= 4 is 5.97 Å². The van der Waals surface area contributed by atoms with Crippen LogP contribution in [0, 0.1) is 5.92 Å². The quantitative estimate of drug-likeness (QED) is 0.493. The Morgan fingerprint density at radius 1 is 1.28 bits per heavy atom. The Labute approximate surface area is 111 Å². The van der Waals surface area contributed by atoms with Gasteiger partial charge in [0.25, 0.3) is 0 Å². The fourth-order valence-electron chi connectivity index (χ4n) is 2.35. The number of ether oxygens (including phenoxy) is 2. The number of carbonyl (C=O) groups is 1. The smallest absolute Gasteiger partial charge is 0.306 e. The summed E-state index contributed by atoms with van der Waals surface area (Å²) >= 11 is 0. The molecule has 0 radical (unpaired) electrons. The van der Waals surface area contributed by atoms with Crippen molar-refractivity contribution in [2.45, 2.75) is 38.5 Å². The van der Waals surface area contributed by atoms with Gasteiger partial charge in [-0.05, 0) is 38.8 Å². The number of hydrogen-bond acceptors (Lipinski definition) is 4. The van der Waals surface area contributed by atoms with E-state index in [-0.39, 0.29) is 5.97 Å². The van der Waals surface area contributed by atoms with Crippen LogP contribution < -0.4 is 0 Å². The second kappa shape index (κ2) is 9.34. The van der Waals surface area contributed by atoms with Crippen LogP contribution in [-0.2, 0) is 14.3 Å². The molecule has 1 heterocycles. The summed E-state index contributed by atoms with van der Waals surface area (Å²) in [6.07, 6.45) is 6.79. The Morgan fingerprint density at radius 3 is 2.67 bits per heavy atom. The van der Waals surface area contributed by atoms with Gasteiger partial charge in [-0.15, -0.1) is 0 Å². The number of hydrogen-bond donors (Lipinski definition) is 0. The Hall–Kier alpha value is -0.610. The molecule has 0 saturated carbocycles. The lowest BCUT2D eigenvalue weighted by Crippen LogP contribution is -2.23. The molecule has 1 saturated heterocycles. The molecule has 4 nitrogen and oxygen atoms in total. The van der Waals surface area contributed by atoms with Crippen LogP contribution >= 0.6 is 0 Å². The van der Waals surface area contributed by atoms with E-state index in [1.807, 2.05) is 0 Å². The molecule has 0 aromatic rings. The average molecular weight is 257 g/mol. The van der Waals surface area contributed by atoms with Gasteiger partial charge in [-0.1, -0.05) is 12.8 Å². The zero-order valence-electron chi connectivity index (χ0n) is 11.8. The summed E-state index contributed by atoms with van der Waals surface area (Å²) in [5.41, 5.74) is 0. The lowest BCUT2D eigenvalue weighted by molar-refractivity contribution is -0.140. The van der Waals surface area contributed by atoms with Crippen molar-refractivity contribution in [2.24, 2.45) is 5.92 Å². The van der Waals surface area contributed by atoms with Crippen LogP contribution in [0.15, 0.2) is 0 Å². The predicted octanol–water partition coefficient (Wildman–Crippen LogP) is 2.08. The third-order valence-electron chi connectivity index (χ3n) is 3.67. The molecule has 0 N–H and O–H groups in total. The van der Waals surface area contributed by atoms with Crippen molar-refractivity contribution in [3.63, 3.8) is 0 Å². The molecule has 0 spiro atoms. The van der Waals surface area contributed by atoms with Crippen molar-refractivity contribution in [1.29, 1.82) is 0 Å². The molecule has 0 atom stereocenters. The third-order valence-corrected chi connectivity index (χ3v) is 3.67. The summed E-state index contributed by atoms with van der Waals surface area (Å²) in [5.74, 6) is 0.753. The molecule has 1 rings (SSSR count). The molecule has 0 aliphatic carbocycles. The van der Waals surface area contributed by atoms with E-state index in [0.29, 0.717) is 6.42 Å². The van der Waals surface area contributed by atoms with Crippen LogP contribution in [0.4, 0.5) is 0 Å². The summed E-state index contributed by atoms with van der Waals surface area (Å²) < 4.78 is 9.99. The van der Waals surface area contributed by atoms with E-state index in [2.05, 4.69) is 16.7 Å². The van der Waals surface area contributed by atoms with Crippen molar-refractivity contribution in [3.05, 3.63) is 0 Å². The Morgan fingerprint density at radius 2 is 2.00 bits per heavy atom. The van der Waals surface area contributed by atoms with Gasteiger partial charge in [0, 0.05) is 19.8 Å². The predicted molar refractivity (Wildman–Crippen MR) is 71.5 cm³/mol. The topological polar surface area (TPSA) is 38.8 Å². The van der Waals surface area contributed by atoms with Gasteiger partial charge < -0.3 is 14.4 Å². The van der Waals surface area contributed by atoms with Crippen molar-refractivity contribution in [1.82, 2.24) is 4.90 Å². The maximum atomic E-state index is 11.0. The molecular weight excluding hydrogens is 230 g/mol. The number of methoxy groups -OCH3 is 1. The van der Waals surface area contributed by atoms with Crippen molar-refractivity contribution in [2.75, 3.05) is 40.5 Å². The van der Waals surface area contributed by atoms with E-state index in [1.54, 1.807) is 0 Å². The zero-order chi connectivity index (χ0) is 13.2. The molecule has 0 aromatic carbocycles. The third kappa shape index (κ3) is 6.97. The van der Waals surface area contributed by atoms with E-state index in [1.165, 1.54) is 39.2 Å². The van der Waals surface area contributed by atoms with Gasteiger partial charge in [-0.25, -0.2) is 0 Å². The van der Waals surface area contributed by atoms with Gasteiger partial charge in [0.2, 0.25) is 0 Å². The van der Waals surface area contributed by atoms with E-state index in [9.17, 15) is 4.79 Å². The van der Waals surface area contributed by atoms with Crippen LogP contribution in [0.1, 0.15) is 38.5 Å². The summed E-state index contributed by atoms with van der Waals surface area (Å²) in [7, 11) is 3.51. The van der Waals surface area contributed by atoms with Crippen LogP contribution in [0.2, 0.25) is 0 Å². The van der Waals surface area contributed by atoms with Gasteiger partial charge in [0.1, 0.15) is 0 Å². The first-order chi connectivity index (χ1) is 8.72. The van der Waals surface area contributed by atoms with E-state index in [4.69, 9.17) is 4.74 Å². The van der Waals surface area contributed by atoms with Gasteiger partial charge >= 0.3 is 5.97 Å². The summed E-state index contributed by atoms with van der Waals surface area (Å²) in [6.45, 7) is 3.76. The van der Waals surface area contributed by atoms with Crippen LogP contribution in [0.3, 0.4) is 0 Å². The highest BCUT2D eigenvalue weighted by molar-refractivity contribution is 5.69. The number of unbranched alkanes of at least 4 members (excludes halogenated alkanes) is 1. The molecule has 1 fully saturated rings. The Kier molecular flexibility index (Phi) is 8.01. The zero-order valence-corrected chi connectivity index (χ0v) is 11.8. The van der Waals surface area contributed by atoms with Crippen LogP contribution in [0.5, 0.6) is 0 Å². The lowest BCUT2D eigenvalue weighted by atomic mass is 9.94. The number of rotatable bonds is 8. The number of nitrogens with zero attached hydrogens (tertiary/aromatic N) is 1. The maximum absolute atomic E-state index is 11.0. The van der Waals surface area contributed by atoms with Gasteiger partial charge in [0.05, 0.1) is 13.5 Å². The van der Waals surface area contributed by atoms with Gasteiger partial charge in [-0.3, -0.25) is 4.79 Å². The molecule has 0 bridgehead atoms. The van der Waals surface area contributed by atoms with Crippen molar-refractivity contribution in [3.8, 4) is 0 Å². The normalized spacial score (nSPS) is 17.1. The fraction of sp³-hybridized carbons (Fsp3) is 0.929. The SMILES string of the molecule is COC(=O)CCN(C)CCCCC1CCOCC1. The number of esters is 1. The minimum atomic E-state index is -0.121. The van der Waals surface area contributed by atoms with Crippen LogP contribution in [-0.4, -0.2) is 51.3 Å². The van der Waals surface area contributed by atoms with Gasteiger partial charge in [-0.2, -0.15) is 0 Å². The highest BCUT2D eigenvalue weighted by Crippen LogP contribution is 2.20. The van der Waals surface area contributed by atoms with Crippen molar-refractivity contribution < 1.29 is 14.3 Å². The molecule has 1 aliphatic heterocycles. The molecule has 18 heavy (non-hydrogen) atoms. The second-order valence-corrected chi connectivity index (χ2v) is 5.18. The van der Waals surface area contributed by atoms with E-state index >= 15 is 0 Å². The summed E-state index contributed by atoms with van der Waals surface area (Å²) in [5, 5.41) is 0. The Bertz CT molecular complexity index is 227. The lowest BCUT2D eigenvalue weighted by Gasteiger charge is -2.22. The monoisotopic (exact) mass is 257 g/mol. The summed E-state index contributed by atoms with van der Waals surface area (Å²) in [4.78, 5) is 13.2. The maximum Gasteiger partial charge on any atom is 0.306 e. The first-order valence-corrected chi connectivity index (χ1v) is 7.05. The molecule has 1 aliphatic rings. The van der Waals surface area contributed by atoms with E-state index in [0.717, 1.165) is 32.2 Å². The Balaban J connectivity index is 1.94. The molecular formula is C14H27NO3. The highest BCUT2D eigenvalue weighted by Gasteiger charge is 2.13. The van der Waals surface area contributed by atoms with Gasteiger partial charge in [0.15, 0.2) is 0 Å². The van der Waals surface area contributed by atoms with E-state index < -0.39 is 0 Å². The first kappa shape index (κ1) is 15.4. The molecule has 0 unspecified atom stereocenters. The first-order valence-electron chi connectivity index (χ1n) is 7.05. The molecule has 0 aromatic heterocycles. The highest BCUT2D eigenvalue weighted by atomic mass is 16.5. The second-order valence-electron chi connectivity index (χ2n) is 5.18. The minimum Gasteiger partial charge on any atom is -0.469 e. The van der Waals surface area contributed by atoms with Crippen LogP contribution in [0.25, 0.3) is 0 Å². The summed E-state index contributed by atoms with van der Waals surface area (Å²) in [6, 6.07) is 0. The molecule has 4 heteroatoms. The minimum absolute atomic E-state index is 0.121. The largest absolute Gasteiger partial charge is 0.469 e. The standard InChI is InChI=1S/C14H27NO3/c1-15(10-6-14(16)17-2)9-4-3-5-13-7-11-18-12-8-13/h13H,3-12H2,1-2H3.